The second kappa shape index (κ2) is 9.39. The van der Waals surface area contributed by atoms with E-state index >= 15 is 0 Å². The van der Waals surface area contributed by atoms with E-state index in [-0.39, 0.29) is 23.8 Å². The Kier molecular flexibility index (Phi) is 6.67. The molecule has 0 saturated carbocycles. The van der Waals surface area contributed by atoms with E-state index in [0.717, 1.165) is 11.1 Å². The number of benzene rings is 1. The van der Waals surface area contributed by atoms with E-state index in [2.05, 4.69) is 31.1 Å². The molecule has 0 radical (unpaired) electrons. The highest BCUT2D eigenvalue weighted by Crippen LogP contribution is 2.22. The van der Waals surface area contributed by atoms with Gasteiger partial charge in [0.05, 0.1) is 19.4 Å². The molecule has 1 N–H and O–H groups in total. The SMILES string of the molecule is CC(C)(C)c1ccc(C(=O)NCC(=O)N(Cc2cccnc2)Cc2ccco2)cc1. The van der Waals surface area contributed by atoms with Gasteiger partial charge in [-0.15, -0.1) is 0 Å². The van der Waals surface area contributed by atoms with Gasteiger partial charge >= 0.3 is 0 Å². The van der Waals surface area contributed by atoms with Crippen LogP contribution in [0.2, 0.25) is 0 Å². The van der Waals surface area contributed by atoms with Gasteiger partial charge in [0.2, 0.25) is 5.91 Å². The van der Waals surface area contributed by atoms with Gasteiger partial charge < -0.3 is 14.6 Å². The number of rotatable bonds is 7. The van der Waals surface area contributed by atoms with Gasteiger partial charge in [-0.05, 0) is 46.9 Å². The highest BCUT2D eigenvalue weighted by molar-refractivity contribution is 5.96. The van der Waals surface area contributed by atoms with Crippen molar-refractivity contribution in [2.24, 2.45) is 0 Å². The predicted molar refractivity (Wildman–Crippen MR) is 115 cm³/mol. The molecular weight excluding hydrogens is 378 g/mol. The van der Waals surface area contributed by atoms with Crippen LogP contribution in [0.15, 0.2) is 71.6 Å². The van der Waals surface area contributed by atoms with Gasteiger partial charge in [-0.25, -0.2) is 0 Å². The normalized spacial score (nSPS) is 11.2. The zero-order valence-electron chi connectivity index (χ0n) is 17.6. The van der Waals surface area contributed by atoms with Crippen molar-refractivity contribution in [1.82, 2.24) is 15.2 Å². The van der Waals surface area contributed by atoms with Crippen molar-refractivity contribution in [3.05, 3.63) is 89.6 Å². The molecule has 3 rings (SSSR count). The minimum Gasteiger partial charge on any atom is -0.467 e. The third-order valence-electron chi connectivity index (χ3n) is 4.79. The Balaban J connectivity index is 1.63. The molecule has 0 atom stereocenters. The second-order valence-corrected chi connectivity index (χ2v) is 8.20. The molecule has 0 saturated heterocycles. The lowest BCUT2D eigenvalue weighted by atomic mass is 9.87. The van der Waals surface area contributed by atoms with Crippen molar-refractivity contribution in [1.29, 1.82) is 0 Å². The van der Waals surface area contributed by atoms with Crippen molar-refractivity contribution < 1.29 is 14.0 Å². The summed E-state index contributed by atoms with van der Waals surface area (Å²) in [6.45, 7) is 6.96. The van der Waals surface area contributed by atoms with E-state index in [1.165, 1.54) is 0 Å². The lowest BCUT2D eigenvalue weighted by molar-refractivity contribution is -0.131. The molecule has 0 unspecified atom stereocenters. The summed E-state index contributed by atoms with van der Waals surface area (Å²) < 4.78 is 5.39. The molecule has 30 heavy (non-hydrogen) atoms. The van der Waals surface area contributed by atoms with Crippen LogP contribution in [-0.2, 0) is 23.3 Å². The van der Waals surface area contributed by atoms with Gasteiger partial charge in [-0.3, -0.25) is 14.6 Å². The van der Waals surface area contributed by atoms with Gasteiger partial charge in [-0.1, -0.05) is 39.0 Å². The molecule has 0 fully saturated rings. The quantitative estimate of drug-likeness (QED) is 0.646. The number of nitrogens with one attached hydrogen (secondary N) is 1. The maximum atomic E-state index is 12.8. The first-order chi connectivity index (χ1) is 14.3. The van der Waals surface area contributed by atoms with Gasteiger partial charge in [-0.2, -0.15) is 0 Å². The Morgan fingerprint density at radius 1 is 1.03 bits per heavy atom. The molecule has 2 amide bonds. The fourth-order valence-corrected chi connectivity index (χ4v) is 3.03. The van der Waals surface area contributed by atoms with Crippen LogP contribution in [0.3, 0.4) is 0 Å². The van der Waals surface area contributed by atoms with Crippen LogP contribution in [0.25, 0.3) is 0 Å². The molecule has 0 aliphatic heterocycles. The first-order valence-electron chi connectivity index (χ1n) is 9.91. The zero-order chi connectivity index (χ0) is 21.6. The topological polar surface area (TPSA) is 75.4 Å². The Labute approximate surface area is 176 Å². The Morgan fingerprint density at radius 2 is 1.80 bits per heavy atom. The molecule has 0 aliphatic carbocycles. The average Bonchev–Trinajstić information content (AvgIpc) is 3.24. The fourth-order valence-electron chi connectivity index (χ4n) is 3.03. The minimum atomic E-state index is -0.275. The van der Waals surface area contributed by atoms with E-state index in [9.17, 15) is 9.59 Å². The molecule has 0 aliphatic rings. The summed E-state index contributed by atoms with van der Waals surface area (Å²) in [5, 5.41) is 2.73. The number of carbonyl (C=O) groups excluding carboxylic acids is 2. The number of furan rings is 1. The Bertz CT molecular complexity index is 959. The van der Waals surface area contributed by atoms with Crippen LogP contribution >= 0.6 is 0 Å². The van der Waals surface area contributed by atoms with Gasteiger partial charge in [0, 0.05) is 24.5 Å². The molecule has 156 valence electrons. The fraction of sp³-hybridized carbons (Fsp3) is 0.292. The summed E-state index contributed by atoms with van der Waals surface area (Å²) >= 11 is 0. The van der Waals surface area contributed by atoms with Crippen molar-refractivity contribution in [3.8, 4) is 0 Å². The van der Waals surface area contributed by atoms with Crippen LogP contribution in [0.5, 0.6) is 0 Å². The van der Waals surface area contributed by atoms with Crippen LogP contribution in [0.4, 0.5) is 0 Å². The molecule has 0 spiro atoms. The number of amides is 2. The standard InChI is InChI=1S/C24H27N3O3/c1-24(2,3)20-10-8-19(9-11-20)23(29)26-15-22(28)27(17-21-7-5-13-30-21)16-18-6-4-12-25-14-18/h4-14H,15-17H2,1-3H3,(H,26,29). The number of aromatic nitrogens is 1. The Hall–Kier alpha value is -3.41. The van der Waals surface area contributed by atoms with E-state index < -0.39 is 0 Å². The predicted octanol–water partition coefficient (Wildman–Crippen LogP) is 3.93. The maximum absolute atomic E-state index is 12.8. The van der Waals surface area contributed by atoms with Crippen LogP contribution < -0.4 is 5.32 Å². The third kappa shape index (κ3) is 5.80. The summed E-state index contributed by atoms with van der Waals surface area (Å²) in [5.74, 6) is 0.203. The van der Waals surface area contributed by atoms with E-state index in [1.54, 1.807) is 41.8 Å². The van der Waals surface area contributed by atoms with Crippen molar-refractivity contribution in [3.63, 3.8) is 0 Å². The number of carbonyl (C=O) groups is 2. The number of pyridine rings is 1. The summed E-state index contributed by atoms with van der Waals surface area (Å²) in [6, 6.07) is 14.8. The number of hydrogen-bond acceptors (Lipinski definition) is 4. The number of nitrogens with zero attached hydrogens (tertiary/aromatic N) is 2. The molecular formula is C24H27N3O3. The first kappa shape index (κ1) is 21.3. The van der Waals surface area contributed by atoms with Crippen LogP contribution in [-0.4, -0.2) is 28.2 Å². The van der Waals surface area contributed by atoms with Crippen molar-refractivity contribution in [2.75, 3.05) is 6.54 Å². The zero-order valence-corrected chi connectivity index (χ0v) is 17.6. The molecule has 3 aromatic rings. The van der Waals surface area contributed by atoms with E-state index in [1.807, 2.05) is 30.3 Å². The molecule has 2 heterocycles. The van der Waals surface area contributed by atoms with E-state index in [0.29, 0.717) is 24.4 Å². The van der Waals surface area contributed by atoms with Gasteiger partial charge in [0.15, 0.2) is 0 Å². The highest BCUT2D eigenvalue weighted by atomic mass is 16.3. The highest BCUT2D eigenvalue weighted by Gasteiger charge is 2.18. The Morgan fingerprint density at radius 3 is 2.40 bits per heavy atom. The summed E-state index contributed by atoms with van der Waals surface area (Å²) in [7, 11) is 0. The van der Waals surface area contributed by atoms with Crippen LogP contribution in [0.1, 0.15) is 48.0 Å². The number of hydrogen-bond donors (Lipinski definition) is 1. The smallest absolute Gasteiger partial charge is 0.251 e. The third-order valence-corrected chi connectivity index (χ3v) is 4.79. The molecule has 2 aromatic heterocycles. The molecule has 6 heteroatoms. The minimum absolute atomic E-state index is 0.0175. The summed E-state index contributed by atoms with van der Waals surface area (Å²) in [5.41, 5.74) is 2.60. The lowest BCUT2D eigenvalue weighted by Crippen LogP contribution is -2.39. The average molecular weight is 405 g/mol. The van der Waals surface area contributed by atoms with Crippen molar-refractivity contribution in [2.45, 2.75) is 39.3 Å². The molecule has 1 aromatic carbocycles. The summed E-state index contributed by atoms with van der Waals surface area (Å²) in [6.07, 6.45) is 4.98. The van der Waals surface area contributed by atoms with E-state index in [4.69, 9.17) is 4.42 Å². The van der Waals surface area contributed by atoms with Crippen LogP contribution in [0, 0.1) is 0 Å². The monoisotopic (exact) mass is 405 g/mol. The molecule has 0 bridgehead atoms. The first-order valence-corrected chi connectivity index (χ1v) is 9.91. The second-order valence-electron chi connectivity index (χ2n) is 8.20. The molecule has 6 nitrogen and oxygen atoms in total. The summed E-state index contributed by atoms with van der Waals surface area (Å²) in [4.78, 5) is 31.1. The van der Waals surface area contributed by atoms with Crippen molar-refractivity contribution >= 4 is 11.8 Å². The lowest BCUT2D eigenvalue weighted by Gasteiger charge is -2.22. The largest absolute Gasteiger partial charge is 0.467 e. The van der Waals surface area contributed by atoms with Gasteiger partial charge in [0.1, 0.15) is 5.76 Å². The maximum Gasteiger partial charge on any atom is 0.251 e. The van der Waals surface area contributed by atoms with Gasteiger partial charge in [0.25, 0.3) is 5.91 Å².